The number of benzene rings is 3. The second kappa shape index (κ2) is 8.00. The molecule has 4 aliphatic heterocycles. The van der Waals surface area contributed by atoms with Gasteiger partial charge in [0.1, 0.15) is 23.0 Å². The molecular weight excluding hydrogens is 496 g/mol. The summed E-state index contributed by atoms with van der Waals surface area (Å²) < 4.78 is 0. The second-order valence-electron chi connectivity index (χ2n) is 10.1. The Hall–Kier alpha value is -5.50. The van der Waals surface area contributed by atoms with Crippen molar-refractivity contribution in [2.75, 3.05) is 0 Å². The van der Waals surface area contributed by atoms with E-state index >= 15 is 0 Å². The summed E-state index contributed by atoms with van der Waals surface area (Å²) in [6.45, 7) is 0. The van der Waals surface area contributed by atoms with Crippen molar-refractivity contribution in [3.63, 3.8) is 0 Å². The first-order valence-corrected chi connectivity index (χ1v) is 13.2. The summed E-state index contributed by atoms with van der Waals surface area (Å²) in [6, 6.07) is 24.3. The zero-order chi connectivity index (χ0) is 26.2. The SMILES string of the molecule is C1=CC2=C3/N=C4\N=C(N=c5[nH]c(c6ccccc56)=NC5=N/C(=N\C(N3)C2C=C1)c1ccccc15)c1ccccc14. The molecule has 2 unspecified atom stereocenters. The van der Waals surface area contributed by atoms with Gasteiger partial charge in [0, 0.05) is 44.5 Å². The summed E-state index contributed by atoms with van der Waals surface area (Å²) in [5.74, 6) is 3.29. The van der Waals surface area contributed by atoms with Crippen LogP contribution in [-0.2, 0) is 0 Å². The summed E-state index contributed by atoms with van der Waals surface area (Å²) in [4.78, 5) is 33.6. The number of fused-ring (bicyclic) bond motifs is 17. The van der Waals surface area contributed by atoms with Gasteiger partial charge in [-0.25, -0.2) is 30.0 Å². The second-order valence-corrected chi connectivity index (χ2v) is 10.1. The van der Waals surface area contributed by atoms with E-state index in [2.05, 4.69) is 28.5 Å². The highest BCUT2D eigenvalue weighted by Gasteiger charge is 2.35. The first kappa shape index (κ1) is 21.4. The Kier molecular flexibility index (Phi) is 4.29. The Bertz CT molecular complexity index is 2150. The molecule has 1 aliphatic carbocycles. The van der Waals surface area contributed by atoms with Gasteiger partial charge in [-0.05, 0) is 0 Å². The molecule has 8 nitrogen and oxygen atoms in total. The van der Waals surface area contributed by atoms with Crippen LogP contribution in [-0.4, -0.2) is 34.5 Å². The Morgan fingerprint density at radius 3 is 1.75 bits per heavy atom. The highest BCUT2D eigenvalue weighted by atomic mass is 15.2. The maximum atomic E-state index is 5.14. The van der Waals surface area contributed by atoms with Gasteiger partial charge < -0.3 is 10.3 Å². The van der Waals surface area contributed by atoms with Crippen molar-refractivity contribution in [3.05, 3.63) is 142 Å². The van der Waals surface area contributed by atoms with Crippen LogP contribution in [0.15, 0.2) is 138 Å². The summed E-state index contributed by atoms with van der Waals surface area (Å²) in [5, 5.41) is 5.49. The topological polar surface area (TPSA) is 102 Å². The number of amidine groups is 4. The molecule has 4 aromatic rings. The number of H-pyrrole nitrogens is 1. The average Bonchev–Trinajstić information content (AvgIpc) is 3.73. The van der Waals surface area contributed by atoms with Crippen molar-refractivity contribution < 1.29 is 0 Å². The Morgan fingerprint density at radius 2 is 1.10 bits per heavy atom. The largest absolute Gasteiger partial charge is 0.347 e. The molecule has 5 aliphatic rings. The molecule has 0 saturated carbocycles. The Morgan fingerprint density at radius 1 is 0.550 bits per heavy atom. The van der Waals surface area contributed by atoms with E-state index in [4.69, 9.17) is 30.0 Å². The first-order chi connectivity index (χ1) is 19.8. The normalized spacial score (nSPS) is 24.0. The van der Waals surface area contributed by atoms with Crippen LogP contribution >= 0.6 is 0 Å². The van der Waals surface area contributed by atoms with Gasteiger partial charge in [0.05, 0.1) is 0 Å². The van der Waals surface area contributed by atoms with Crippen molar-refractivity contribution in [2.45, 2.75) is 6.17 Å². The van der Waals surface area contributed by atoms with E-state index in [0.717, 1.165) is 44.4 Å². The molecule has 0 radical (unpaired) electrons. The van der Waals surface area contributed by atoms with Gasteiger partial charge in [-0.3, -0.25) is 0 Å². The number of hydrogen-bond donors (Lipinski definition) is 2. The minimum Gasteiger partial charge on any atom is -0.347 e. The molecule has 0 saturated heterocycles. The Labute approximate surface area is 228 Å². The van der Waals surface area contributed by atoms with Crippen LogP contribution in [0.1, 0.15) is 22.3 Å². The van der Waals surface area contributed by atoms with Crippen LogP contribution in [0.25, 0.3) is 10.8 Å². The highest BCUT2D eigenvalue weighted by molar-refractivity contribution is 6.23. The van der Waals surface area contributed by atoms with Crippen molar-refractivity contribution in [3.8, 4) is 0 Å². The monoisotopic (exact) mass is 516 g/mol. The number of rotatable bonds is 0. The molecule has 8 heteroatoms. The molecule has 3 aromatic carbocycles. The molecule has 188 valence electrons. The number of nitrogens with zero attached hydrogens (tertiary/aromatic N) is 6. The number of aromatic nitrogens is 1. The van der Waals surface area contributed by atoms with Crippen molar-refractivity contribution >= 4 is 34.1 Å². The fourth-order valence-electron chi connectivity index (χ4n) is 5.90. The average molecular weight is 517 g/mol. The zero-order valence-corrected chi connectivity index (χ0v) is 21.1. The van der Waals surface area contributed by atoms with Gasteiger partial charge >= 0.3 is 0 Å². The van der Waals surface area contributed by atoms with Crippen molar-refractivity contribution in [2.24, 2.45) is 35.9 Å². The van der Waals surface area contributed by atoms with Gasteiger partial charge in [-0.15, -0.1) is 0 Å². The first-order valence-electron chi connectivity index (χ1n) is 13.2. The zero-order valence-electron chi connectivity index (χ0n) is 21.1. The van der Waals surface area contributed by atoms with E-state index in [1.165, 1.54) is 0 Å². The minimum atomic E-state index is -0.266. The maximum absolute atomic E-state index is 5.14. The molecule has 2 N–H and O–H groups in total. The number of hydrogen-bond acceptors (Lipinski definition) is 7. The third kappa shape index (κ3) is 3.07. The molecule has 8 bridgehead atoms. The fraction of sp³-hybridized carbons (Fsp3) is 0.0625. The van der Waals surface area contributed by atoms with E-state index in [0.29, 0.717) is 34.3 Å². The number of allylic oxidation sites excluding steroid dienone is 3. The summed E-state index contributed by atoms with van der Waals surface area (Å²) in [6.07, 6.45) is 8.08. The predicted molar refractivity (Wildman–Crippen MR) is 155 cm³/mol. The number of aliphatic imine (C=N–C) groups is 4. The fourth-order valence-corrected chi connectivity index (χ4v) is 5.90. The van der Waals surface area contributed by atoms with E-state index in [9.17, 15) is 0 Å². The molecule has 40 heavy (non-hydrogen) atoms. The lowest BCUT2D eigenvalue weighted by Crippen LogP contribution is -2.27. The smallest absolute Gasteiger partial charge is 0.164 e. The third-order valence-electron chi connectivity index (χ3n) is 7.79. The van der Waals surface area contributed by atoms with Crippen molar-refractivity contribution in [1.29, 1.82) is 0 Å². The molecule has 9 rings (SSSR count). The lowest BCUT2D eigenvalue weighted by atomic mass is 9.95. The predicted octanol–water partition coefficient (Wildman–Crippen LogP) is 3.72. The summed E-state index contributed by atoms with van der Waals surface area (Å²) >= 11 is 0. The summed E-state index contributed by atoms with van der Waals surface area (Å²) in [7, 11) is 0. The van der Waals surface area contributed by atoms with Gasteiger partial charge in [-0.2, -0.15) is 0 Å². The number of aromatic amines is 1. The molecular formula is C32H20N8. The molecule has 5 heterocycles. The van der Waals surface area contributed by atoms with Crippen molar-refractivity contribution in [1.82, 2.24) is 10.3 Å². The van der Waals surface area contributed by atoms with Crippen LogP contribution in [0.2, 0.25) is 0 Å². The standard InChI is InChI=1S/C32H20N8/c1-2-10-18-17(9-1)25-33-26(18)38-28-21-13-5-6-14-22(21)30(35-28)40-32-24-16-8-7-15-23(24)31(36-32)39-29-20-12-4-3-11-19(20)27(34-29)37-25/h1-17,25,33H,(H,34,35,36,37,38,39,40). The van der Waals surface area contributed by atoms with Gasteiger partial charge in [0.2, 0.25) is 0 Å². The third-order valence-corrected chi connectivity index (χ3v) is 7.79. The van der Waals surface area contributed by atoms with E-state index in [-0.39, 0.29) is 12.1 Å². The molecule has 0 amide bonds. The van der Waals surface area contributed by atoms with Crippen LogP contribution in [0.4, 0.5) is 0 Å². The quantitative estimate of drug-likeness (QED) is 0.366. The lowest BCUT2D eigenvalue weighted by molar-refractivity contribution is 0.555. The van der Waals surface area contributed by atoms with Gasteiger partial charge in [-0.1, -0.05) is 97.1 Å². The lowest BCUT2D eigenvalue weighted by Gasteiger charge is -2.16. The van der Waals surface area contributed by atoms with E-state index < -0.39 is 0 Å². The van der Waals surface area contributed by atoms with Crippen LogP contribution in [0, 0.1) is 5.92 Å². The van der Waals surface area contributed by atoms with Gasteiger partial charge in [0.25, 0.3) is 0 Å². The number of nitrogens with one attached hydrogen (secondary N) is 2. The Balaban J connectivity index is 1.38. The molecule has 1 aromatic heterocycles. The van der Waals surface area contributed by atoms with Crippen LogP contribution in [0.3, 0.4) is 0 Å². The molecule has 0 fully saturated rings. The maximum Gasteiger partial charge on any atom is 0.164 e. The van der Waals surface area contributed by atoms with Gasteiger partial charge in [0.15, 0.2) is 23.3 Å². The van der Waals surface area contributed by atoms with Crippen LogP contribution < -0.4 is 16.3 Å². The van der Waals surface area contributed by atoms with E-state index in [1.807, 2.05) is 78.9 Å². The summed E-state index contributed by atoms with van der Waals surface area (Å²) in [5.41, 5.74) is 6.26. The minimum absolute atomic E-state index is 0.0233. The van der Waals surface area contributed by atoms with E-state index in [1.54, 1.807) is 0 Å². The molecule has 2 atom stereocenters. The van der Waals surface area contributed by atoms with Crippen LogP contribution in [0.5, 0.6) is 0 Å². The highest BCUT2D eigenvalue weighted by Crippen LogP contribution is 2.34. The molecule has 0 spiro atoms.